The molecule has 122 valence electrons. The van der Waals surface area contributed by atoms with Gasteiger partial charge in [-0.05, 0) is 43.2 Å². The summed E-state index contributed by atoms with van der Waals surface area (Å²) < 4.78 is 1.77. The lowest BCUT2D eigenvalue weighted by Crippen LogP contribution is -2.40. The van der Waals surface area contributed by atoms with Crippen LogP contribution in [0.1, 0.15) is 30.3 Å². The van der Waals surface area contributed by atoms with Crippen molar-refractivity contribution < 1.29 is 4.79 Å². The molecule has 23 heavy (non-hydrogen) atoms. The molecule has 4 atom stereocenters. The number of aryl methyl sites for hydroxylation is 1. The van der Waals surface area contributed by atoms with E-state index >= 15 is 0 Å². The van der Waals surface area contributed by atoms with Crippen LogP contribution in [0.4, 0.5) is 0 Å². The van der Waals surface area contributed by atoms with Crippen molar-refractivity contribution in [2.45, 2.75) is 25.8 Å². The molecule has 5 nitrogen and oxygen atoms in total. The van der Waals surface area contributed by atoms with Gasteiger partial charge in [-0.2, -0.15) is 5.10 Å². The summed E-state index contributed by atoms with van der Waals surface area (Å²) in [7, 11) is 1.88. The van der Waals surface area contributed by atoms with E-state index in [2.05, 4.69) is 22.7 Å². The largest absolute Gasteiger partial charge is 0.349 e. The Bertz CT molecular complexity index is 738. The topological polar surface area (TPSA) is 58.9 Å². The lowest BCUT2D eigenvalue weighted by Gasteiger charge is -2.19. The number of rotatable bonds is 3. The van der Waals surface area contributed by atoms with E-state index in [0.29, 0.717) is 24.2 Å². The lowest BCUT2D eigenvalue weighted by atomic mass is 9.94. The van der Waals surface area contributed by atoms with Crippen LogP contribution in [0.5, 0.6) is 0 Å². The van der Waals surface area contributed by atoms with E-state index in [-0.39, 0.29) is 5.91 Å². The number of fused-ring (bicyclic) bond motifs is 2. The fourth-order valence-electron chi connectivity index (χ4n) is 4.52. The van der Waals surface area contributed by atoms with Gasteiger partial charge in [-0.1, -0.05) is 25.1 Å². The predicted molar refractivity (Wildman–Crippen MR) is 90.2 cm³/mol. The maximum Gasteiger partial charge on any atom is 0.272 e. The number of aromatic nitrogens is 2. The maximum atomic E-state index is 12.6. The third kappa shape index (κ3) is 2.53. The molecular formula is C18H24N4O. The molecule has 1 saturated carbocycles. The molecule has 2 heterocycles. The molecule has 1 saturated heterocycles. The van der Waals surface area contributed by atoms with E-state index in [4.69, 9.17) is 0 Å². The summed E-state index contributed by atoms with van der Waals surface area (Å²) in [6.07, 6.45) is 2.61. The Hall–Kier alpha value is -1.88. The first-order valence-corrected chi connectivity index (χ1v) is 8.57. The molecule has 2 aliphatic rings. The molecular weight excluding hydrogens is 288 g/mol. The average Bonchev–Trinajstić information content (AvgIpc) is 3.19. The van der Waals surface area contributed by atoms with E-state index < -0.39 is 0 Å². The Morgan fingerprint density at radius 3 is 3.09 bits per heavy atom. The Morgan fingerprint density at radius 1 is 1.39 bits per heavy atom. The number of carbonyl (C=O) groups excluding carboxylic acids is 1. The average molecular weight is 312 g/mol. The van der Waals surface area contributed by atoms with E-state index in [1.54, 1.807) is 4.68 Å². The number of nitrogens with zero attached hydrogens (tertiary/aromatic N) is 2. The van der Waals surface area contributed by atoms with Crippen LogP contribution in [-0.4, -0.2) is 34.8 Å². The van der Waals surface area contributed by atoms with E-state index in [1.807, 2.05) is 31.3 Å². The molecule has 1 aromatic carbocycles. The molecule has 1 aliphatic heterocycles. The summed E-state index contributed by atoms with van der Waals surface area (Å²) in [5.74, 6) is 2.26. The standard InChI is InChI=1S/C18H24N4O/c1-11-7-12-9-19-15(14(12)8-11)10-20-18(23)17-13-5-3-4-6-16(13)22(2)21-17/h3-6,11-12,14-15,19H,7-10H2,1-2H3,(H,20,23)/t11?,12-,14-,15+/m0/s1. The minimum absolute atomic E-state index is 0.0712. The van der Waals surface area contributed by atoms with Gasteiger partial charge in [-0.25, -0.2) is 0 Å². The second-order valence-corrected chi connectivity index (χ2v) is 7.21. The van der Waals surface area contributed by atoms with Gasteiger partial charge in [0.25, 0.3) is 5.91 Å². The SMILES string of the molecule is CC1C[C@H]2CN[C@H](CNC(=O)c3nn(C)c4ccccc34)[C@H]2C1. The van der Waals surface area contributed by atoms with E-state index in [1.165, 1.54) is 12.8 Å². The molecule has 2 aromatic rings. The number of carbonyl (C=O) groups is 1. The van der Waals surface area contributed by atoms with Crippen LogP contribution in [0, 0.1) is 17.8 Å². The minimum atomic E-state index is -0.0712. The highest BCUT2D eigenvalue weighted by atomic mass is 16.1. The van der Waals surface area contributed by atoms with Crippen LogP contribution in [0.2, 0.25) is 0 Å². The van der Waals surface area contributed by atoms with Gasteiger partial charge in [0.15, 0.2) is 5.69 Å². The molecule has 1 aromatic heterocycles. The van der Waals surface area contributed by atoms with Crippen molar-refractivity contribution in [2.75, 3.05) is 13.1 Å². The first kappa shape index (κ1) is 14.7. The zero-order valence-corrected chi connectivity index (χ0v) is 13.7. The van der Waals surface area contributed by atoms with Crippen LogP contribution in [-0.2, 0) is 7.05 Å². The van der Waals surface area contributed by atoms with Gasteiger partial charge in [0.2, 0.25) is 0 Å². The van der Waals surface area contributed by atoms with Crippen LogP contribution in [0.3, 0.4) is 0 Å². The summed E-state index contributed by atoms with van der Waals surface area (Å²) in [6.45, 7) is 4.13. The number of hydrogen-bond donors (Lipinski definition) is 2. The van der Waals surface area contributed by atoms with E-state index in [9.17, 15) is 4.79 Å². The first-order chi connectivity index (χ1) is 11.1. The van der Waals surface area contributed by atoms with Crippen molar-refractivity contribution in [2.24, 2.45) is 24.8 Å². The molecule has 4 rings (SSSR count). The molecule has 0 bridgehead atoms. The van der Waals surface area contributed by atoms with Gasteiger partial charge < -0.3 is 10.6 Å². The van der Waals surface area contributed by atoms with Crippen molar-refractivity contribution in [3.63, 3.8) is 0 Å². The molecule has 1 unspecified atom stereocenters. The number of nitrogens with one attached hydrogen (secondary N) is 2. The Labute approximate surface area is 136 Å². The van der Waals surface area contributed by atoms with Crippen LogP contribution >= 0.6 is 0 Å². The fourth-order valence-corrected chi connectivity index (χ4v) is 4.52. The predicted octanol–water partition coefficient (Wildman–Crippen LogP) is 1.94. The third-order valence-corrected chi connectivity index (χ3v) is 5.60. The summed E-state index contributed by atoms with van der Waals surface area (Å²) in [5, 5.41) is 12.0. The molecule has 1 aliphatic carbocycles. The number of hydrogen-bond acceptors (Lipinski definition) is 3. The second-order valence-electron chi connectivity index (χ2n) is 7.21. The van der Waals surface area contributed by atoms with Gasteiger partial charge in [-0.3, -0.25) is 9.48 Å². The Balaban J connectivity index is 1.46. The fraction of sp³-hybridized carbons (Fsp3) is 0.556. The number of benzene rings is 1. The molecule has 0 spiro atoms. The van der Waals surface area contributed by atoms with Crippen molar-refractivity contribution >= 4 is 16.8 Å². The Kier molecular flexibility index (Phi) is 3.60. The van der Waals surface area contributed by atoms with Gasteiger partial charge in [-0.15, -0.1) is 0 Å². The number of amides is 1. The van der Waals surface area contributed by atoms with Gasteiger partial charge in [0.1, 0.15) is 0 Å². The quantitative estimate of drug-likeness (QED) is 0.910. The third-order valence-electron chi connectivity index (χ3n) is 5.60. The zero-order chi connectivity index (χ0) is 16.0. The van der Waals surface area contributed by atoms with Crippen molar-refractivity contribution in [1.82, 2.24) is 20.4 Å². The van der Waals surface area contributed by atoms with Crippen molar-refractivity contribution in [3.8, 4) is 0 Å². The van der Waals surface area contributed by atoms with Gasteiger partial charge in [0, 0.05) is 25.0 Å². The minimum Gasteiger partial charge on any atom is -0.349 e. The van der Waals surface area contributed by atoms with Crippen LogP contribution in [0.15, 0.2) is 24.3 Å². The summed E-state index contributed by atoms with van der Waals surface area (Å²) >= 11 is 0. The smallest absolute Gasteiger partial charge is 0.272 e. The molecule has 1 amide bonds. The highest BCUT2D eigenvalue weighted by molar-refractivity contribution is 6.04. The summed E-state index contributed by atoms with van der Waals surface area (Å²) in [4.78, 5) is 12.6. The second kappa shape index (κ2) is 5.64. The summed E-state index contributed by atoms with van der Waals surface area (Å²) in [5.41, 5.74) is 1.51. The Morgan fingerprint density at radius 2 is 2.22 bits per heavy atom. The molecule has 0 radical (unpaired) electrons. The first-order valence-electron chi connectivity index (χ1n) is 8.57. The van der Waals surface area contributed by atoms with Crippen molar-refractivity contribution in [3.05, 3.63) is 30.0 Å². The molecule has 2 N–H and O–H groups in total. The molecule has 2 fully saturated rings. The van der Waals surface area contributed by atoms with E-state index in [0.717, 1.165) is 29.3 Å². The zero-order valence-electron chi connectivity index (χ0n) is 13.7. The normalized spacial score (nSPS) is 29.8. The monoisotopic (exact) mass is 312 g/mol. The van der Waals surface area contributed by atoms with Gasteiger partial charge in [0.05, 0.1) is 5.52 Å². The highest BCUT2D eigenvalue weighted by Gasteiger charge is 2.41. The maximum absolute atomic E-state index is 12.6. The highest BCUT2D eigenvalue weighted by Crippen LogP contribution is 2.40. The van der Waals surface area contributed by atoms with Gasteiger partial charge >= 0.3 is 0 Å². The van der Waals surface area contributed by atoms with Crippen LogP contribution in [0.25, 0.3) is 10.9 Å². The van der Waals surface area contributed by atoms with Crippen molar-refractivity contribution in [1.29, 1.82) is 0 Å². The summed E-state index contributed by atoms with van der Waals surface area (Å²) in [6, 6.07) is 8.27. The van der Waals surface area contributed by atoms with Crippen LogP contribution < -0.4 is 10.6 Å². The lowest BCUT2D eigenvalue weighted by molar-refractivity contribution is 0.0943. The molecule has 5 heteroatoms. The number of para-hydroxylation sites is 1.